The van der Waals surface area contributed by atoms with E-state index >= 15 is 0 Å². The predicted molar refractivity (Wildman–Crippen MR) is 69.2 cm³/mol. The summed E-state index contributed by atoms with van der Waals surface area (Å²) in [4.78, 5) is 23.4. The summed E-state index contributed by atoms with van der Waals surface area (Å²) >= 11 is 0. The normalized spacial score (nSPS) is 25.1. The number of hydrogen-bond donors (Lipinski definition) is 3. The van der Waals surface area contributed by atoms with E-state index in [1.807, 2.05) is 20.8 Å². The Bertz CT molecular complexity index is 309. The number of aliphatic carboxylic acids is 1. The average Bonchev–Trinajstić information content (AvgIpc) is 2.77. The van der Waals surface area contributed by atoms with E-state index in [-0.39, 0.29) is 11.8 Å². The Hall–Kier alpha value is -1.10. The molecule has 1 aliphatic rings. The van der Waals surface area contributed by atoms with Gasteiger partial charge in [-0.25, -0.2) is 4.79 Å². The lowest BCUT2D eigenvalue weighted by Gasteiger charge is -2.27. The highest BCUT2D eigenvalue weighted by molar-refractivity contribution is 5.87. The highest BCUT2D eigenvalue weighted by Crippen LogP contribution is 2.29. The standard InChI is InChI=1S/C13H24N2O3/c1-4-13(5-6-14-8-13)12(18)15-10(11(16)17)7-9(2)3/h9-10,14H,4-8H2,1-3H3,(H,15,18)(H,16,17)/t10-,13?/m0/s1. The quantitative estimate of drug-likeness (QED) is 0.662. The molecule has 1 fully saturated rings. The number of carboxylic acids is 1. The van der Waals surface area contributed by atoms with Gasteiger partial charge < -0.3 is 15.7 Å². The van der Waals surface area contributed by atoms with Crippen LogP contribution in [-0.2, 0) is 9.59 Å². The summed E-state index contributed by atoms with van der Waals surface area (Å²) in [5, 5.41) is 15.0. The van der Waals surface area contributed by atoms with E-state index in [9.17, 15) is 9.59 Å². The van der Waals surface area contributed by atoms with Crippen LogP contribution < -0.4 is 10.6 Å². The van der Waals surface area contributed by atoms with E-state index in [0.717, 1.165) is 19.4 Å². The van der Waals surface area contributed by atoms with Crippen molar-refractivity contribution in [3.63, 3.8) is 0 Å². The Morgan fingerprint density at radius 1 is 1.44 bits per heavy atom. The third kappa shape index (κ3) is 3.45. The second kappa shape index (κ2) is 6.18. The van der Waals surface area contributed by atoms with Gasteiger partial charge in [0.25, 0.3) is 0 Å². The van der Waals surface area contributed by atoms with Crippen LogP contribution in [0.2, 0.25) is 0 Å². The molecule has 104 valence electrons. The molecule has 0 spiro atoms. The van der Waals surface area contributed by atoms with E-state index in [2.05, 4.69) is 10.6 Å². The van der Waals surface area contributed by atoms with Crippen LogP contribution in [0.3, 0.4) is 0 Å². The third-order valence-electron chi connectivity index (χ3n) is 3.71. The van der Waals surface area contributed by atoms with Crippen molar-refractivity contribution < 1.29 is 14.7 Å². The molecular weight excluding hydrogens is 232 g/mol. The van der Waals surface area contributed by atoms with Gasteiger partial charge in [-0.15, -0.1) is 0 Å². The van der Waals surface area contributed by atoms with Gasteiger partial charge in [-0.2, -0.15) is 0 Å². The molecule has 0 saturated carbocycles. The molecule has 0 bridgehead atoms. The highest BCUT2D eigenvalue weighted by Gasteiger charge is 2.40. The monoisotopic (exact) mass is 256 g/mol. The van der Waals surface area contributed by atoms with Gasteiger partial charge in [0, 0.05) is 6.54 Å². The van der Waals surface area contributed by atoms with E-state index in [1.165, 1.54) is 0 Å². The molecule has 1 amide bonds. The summed E-state index contributed by atoms with van der Waals surface area (Å²) in [6.07, 6.45) is 1.98. The van der Waals surface area contributed by atoms with E-state index in [0.29, 0.717) is 13.0 Å². The summed E-state index contributed by atoms with van der Waals surface area (Å²) in [6, 6.07) is -0.776. The van der Waals surface area contributed by atoms with Crippen LogP contribution in [-0.4, -0.2) is 36.1 Å². The van der Waals surface area contributed by atoms with Crippen molar-refractivity contribution in [1.29, 1.82) is 0 Å². The molecule has 5 nitrogen and oxygen atoms in total. The first kappa shape index (κ1) is 15.0. The SMILES string of the molecule is CCC1(C(=O)N[C@@H](CC(C)C)C(=O)O)CCNC1. The second-order valence-electron chi connectivity index (χ2n) is 5.55. The minimum absolute atomic E-state index is 0.122. The Morgan fingerprint density at radius 3 is 2.50 bits per heavy atom. The van der Waals surface area contributed by atoms with Crippen LogP contribution in [0.4, 0.5) is 0 Å². The summed E-state index contributed by atoms with van der Waals surface area (Å²) in [5.41, 5.74) is -0.426. The number of carboxylic acid groups (broad SMARTS) is 1. The van der Waals surface area contributed by atoms with Crippen LogP contribution >= 0.6 is 0 Å². The summed E-state index contributed by atoms with van der Waals surface area (Å²) in [7, 11) is 0. The first-order valence-electron chi connectivity index (χ1n) is 6.66. The van der Waals surface area contributed by atoms with Crippen molar-refractivity contribution >= 4 is 11.9 Å². The molecule has 0 radical (unpaired) electrons. The van der Waals surface area contributed by atoms with Crippen molar-refractivity contribution in [2.75, 3.05) is 13.1 Å². The van der Waals surface area contributed by atoms with Gasteiger partial charge in [0.05, 0.1) is 5.41 Å². The second-order valence-corrected chi connectivity index (χ2v) is 5.55. The van der Waals surface area contributed by atoms with E-state index < -0.39 is 17.4 Å². The molecule has 2 atom stereocenters. The molecule has 1 unspecified atom stereocenters. The molecule has 1 aliphatic heterocycles. The maximum Gasteiger partial charge on any atom is 0.326 e. The minimum atomic E-state index is -0.950. The van der Waals surface area contributed by atoms with Gasteiger partial charge in [0.2, 0.25) is 5.91 Å². The molecule has 3 N–H and O–H groups in total. The number of carbonyl (C=O) groups is 2. The Kier molecular flexibility index (Phi) is 5.14. The molecule has 0 aromatic rings. The number of amides is 1. The first-order valence-corrected chi connectivity index (χ1v) is 6.66. The molecule has 0 aliphatic carbocycles. The van der Waals surface area contributed by atoms with Crippen LogP contribution in [0.5, 0.6) is 0 Å². The number of hydrogen-bond acceptors (Lipinski definition) is 3. The summed E-state index contributed by atoms with van der Waals surface area (Å²) < 4.78 is 0. The number of nitrogens with one attached hydrogen (secondary N) is 2. The zero-order chi connectivity index (χ0) is 13.8. The average molecular weight is 256 g/mol. The molecule has 0 aromatic carbocycles. The van der Waals surface area contributed by atoms with Gasteiger partial charge in [-0.3, -0.25) is 4.79 Å². The lowest BCUT2D eigenvalue weighted by Crippen LogP contribution is -2.49. The molecule has 0 aromatic heterocycles. The smallest absolute Gasteiger partial charge is 0.326 e. The summed E-state index contributed by atoms with van der Waals surface area (Å²) in [6.45, 7) is 7.35. The zero-order valence-corrected chi connectivity index (χ0v) is 11.5. The van der Waals surface area contributed by atoms with Crippen molar-refractivity contribution in [3.8, 4) is 0 Å². The fraction of sp³-hybridized carbons (Fsp3) is 0.846. The summed E-state index contributed by atoms with van der Waals surface area (Å²) in [5.74, 6) is -0.831. The van der Waals surface area contributed by atoms with Gasteiger partial charge in [-0.05, 0) is 31.7 Å². The maximum absolute atomic E-state index is 12.3. The van der Waals surface area contributed by atoms with Gasteiger partial charge in [-0.1, -0.05) is 20.8 Å². The largest absolute Gasteiger partial charge is 0.480 e. The fourth-order valence-electron chi connectivity index (χ4n) is 2.40. The Balaban J connectivity index is 2.68. The van der Waals surface area contributed by atoms with E-state index in [4.69, 9.17) is 5.11 Å². The lowest BCUT2D eigenvalue weighted by molar-refractivity contribution is -0.144. The minimum Gasteiger partial charge on any atom is -0.480 e. The van der Waals surface area contributed by atoms with Crippen molar-refractivity contribution in [2.24, 2.45) is 11.3 Å². The zero-order valence-electron chi connectivity index (χ0n) is 11.5. The predicted octanol–water partition coefficient (Wildman–Crippen LogP) is 0.992. The Labute approximate surface area is 108 Å². The van der Waals surface area contributed by atoms with Crippen LogP contribution in [0.1, 0.15) is 40.0 Å². The van der Waals surface area contributed by atoms with Gasteiger partial charge >= 0.3 is 5.97 Å². The van der Waals surface area contributed by atoms with Crippen molar-refractivity contribution in [3.05, 3.63) is 0 Å². The van der Waals surface area contributed by atoms with Gasteiger partial charge in [0.15, 0.2) is 0 Å². The van der Waals surface area contributed by atoms with Crippen molar-refractivity contribution in [1.82, 2.24) is 10.6 Å². The number of carbonyl (C=O) groups excluding carboxylic acids is 1. The van der Waals surface area contributed by atoms with Crippen LogP contribution in [0.15, 0.2) is 0 Å². The molecule has 1 heterocycles. The highest BCUT2D eigenvalue weighted by atomic mass is 16.4. The van der Waals surface area contributed by atoms with Crippen LogP contribution in [0.25, 0.3) is 0 Å². The number of rotatable bonds is 6. The Morgan fingerprint density at radius 2 is 2.11 bits per heavy atom. The molecule has 1 saturated heterocycles. The van der Waals surface area contributed by atoms with E-state index in [1.54, 1.807) is 0 Å². The lowest BCUT2D eigenvalue weighted by atomic mass is 9.83. The molecule has 5 heteroatoms. The fourth-order valence-corrected chi connectivity index (χ4v) is 2.40. The third-order valence-corrected chi connectivity index (χ3v) is 3.71. The van der Waals surface area contributed by atoms with Crippen LogP contribution in [0, 0.1) is 11.3 Å². The van der Waals surface area contributed by atoms with Gasteiger partial charge in [0.1, 0.15) is 6.04 Å². The molecular formula is C13H24N2O3. The topological polar surface area (TPSA) is 78.4 Å². The first-order chi connectivity index (χ1) is 8.41. The molecule has 18 heavy (non-hydrogen) atoms. The maximum atomic E-state index is 12.3. The van der Waals surface area contributed by atoms with Crippen molar-refractivity contribution in [2.45, 2.75) is 46.1 Å². The molecule has 1 rings (SSSR count).